The van der Waals surface area contributed by atoms with Crippen molar-refractivity contribution >= 4 is 33.1 Å². The van der Waals surface area contributed by atoms with Crippen LogP contribution in [0.4, 0.5) is 0 Å². The van der Waals surface area contributed by atoms with Crippen LogP contribution >= 0.6 is 11.6 Å². The van der Waals surface area contributed by atoms with Gasteiger partial charge in [0.05, 0.1) is 0 Å². The molecule has 1 aliphatic heterocycles. The van der Waals surface area contributed by atoms with Gasteiger partial charge in [0.25, 0.3) is 0 Å². The largest absolute Gasteiger partial charge is 0.460 e. The molecule has 6 nitrogen and oxygen atoms in total. The summed E-state index contributed by atoms with van der Waals surface area (Å²) in [6.45, 7) is 0. The van der Waals surface area contributed by atoms with E-state index in [9.17, 15) is 13.2 Å². The van der Waals surface area contributed by atoms with E-state index >= 15 is 0 Å². The number of halogens is 1. The SMILES string of the molecule is NC1=C(OS(=O)(=O)Cc2ccccc2)C(=O)C(c2ccc(C3=CC3)c(Cl)c2)O1. The highest BCUT2D eigenvalue weighted by Gasteiger charge is 2.39. The minimum absolute atomic E-state index is 0.364. The fourth-order valence-electron chi connectivity index (χ4n) is 2.94. The number of hydrogen-bond acceptors (Lipinski definition) is 6. The summed E-state index contributed by atoms with van der Waals surface area (Å²) >= 11 is 6.28. The molecule has 1 atom stereocenters. The van der Waals surface area contributed by atoms with Crippen LogP contribution in [-0.2, 0) is 29.6 Å². The number of carbonyl (C=O) groups is 1. The molecule has 1 unspecified atom stereocenters. The van der Waals surface area contributed by atoms with E-state index in [1.165, 1.54) is 0 Å². The predicted molar refractivity (Wildman–Crippen MR) is 104 cm³/mol. The Morgan fingerprint density at radius 3 is 2.54 bits per heavy atom. The van der Waals surface area contributed by atoms with Gasteiger partial charge < -0.3 is 14.7 Å². The first kappa shape index (κ1) is 18.6. The van der Waals surface area contributed by atoms with Crippen LogP contribution in [0.2, 0.25) is 5.02 Å². The van der Waals surface area contributed by atoms with Crippen LogP contribution in [0.15, 0.2) is 66.2 Å². The summed E-state index contributed by atoms with van der Waals surface area (Å²) in [5.74, 6) is -1.93. The third-order valence-corrected chi connectivity index (χ3v) is 5.80. The molecule has 0 amide bonds. The number of benzene rings is 2. The van der Waals surface area contributed by atoms with Gasteiger partial charge >= 0.3 is 10.1 Å². The number of allylic oxidation sites excluding steroid dienone is 2. The molecule has 0 fully saturated rings. The Hall–Kier alpha value is -2.77. The van der Waals surface area contributed by atoms with E-state index in [1.807, 2.05) is 6.08 Å². The van der Waals surface area contributed by atoms with Crippen LogP contribution in [0, 0.1) is 0 Å². The number of ether oxygens (including phenoxy) is 1. The number of ketones is 1. The van der Waals surface area contributed by atoms with Crippen LogP contribution in [-0.4, -0.2) is 14.2 Å². The minimum Gasteiger partial charge on any atom is -0.460 e. The third-order valence-electron chi connectivity index (χ3n) is 4.38. The molecule has 28 heavy (non-hydrogen) atoms. The second-order valence-corrected chi connectivity index (χ2v) is 8.48. The molecule has 0 aromatic heterocycles. The van der Waals surface area contributed by atoms with E-state index in [2.05, 4.69) is 0 Å². The van der Waals surface area contributed by atoms with Crippen molar-refractivity contribution in [1.29, 1.82) is 0 Å². The average molecular weight is 418 g/mol. The van der Waals surface area contributed by atoms with Crippen LogP contribution in [0.25, 0.3) is 5.57 Å². The van der Waals surface area contributed by atoms with E-state index in [0.717, 1.165) is 17.6 Å². The van der Waals surface area contributed by atoms with Gasteiger partial charge in [0.1, 0.15) is 5.75 Å². The first-order valence-corrected chi connectivity index (χ1v) is 10.4. The lowest BCUT2D eigenvalue weighted by molar-refractivity contribution is -0.123. The lowest BCUT2D eigenvalue weighted by Gasteiger charge is -2.11. The Kier molecular flexibility index (Phi) is 4.64. The van der Waals surface area contributed by atoms with Gasteiger partial charge in [0.15, 0.2) is 6.10 Å². The quantitative estimate of drug-likeness (QED) is 0.723. The normalized spacial score (nSPS) is 18.7. The number of rotatable bonds is 6. The van der Waals surface area contributed by atoms with Crippen molar-refractivity contribution in [2.45, 2.75) is 18.3 Å². The van der Waals surface area contributed by atoms with Crippen molar-refractivity contribution in [2.75, 3.05) is 0 Å². The topological polar surface area (TPSA) is 95.7 Å². The van der Waals surface area contributed by atoms with E-state index in [1.54, 1.807) is 48.5 Å². The molecule has 0 spiro atoms. The van der Waals surface area contributed by atoms with Gasteiger partial charge in [-0.25, -0.2) is 0 Å². The monoisotopic (exact) mass is 417 g/mol. The van der Waals surface area contributed by atoms with Gasteiger partial charge in [0.2, 0.25) is 17.4 Å². The molecule has 1 aliphatic carbocycles. The van der Waals surface area contributed by atoms with Gasteiger partial charge in [-0.05, 0) is 29.2 Å². The van der Waals surface area contributed by atoms with E-state index in [4.69, 9.17) is 26.3 Å². The minimum atomic E-state index is -4.08. The van der Waals surface area contributed by atoms with Crippen molar-refractivity contribution in [3.8, 4) is 0 Å². The number of carbonyl (C=O) groups excluding carboxylic acids is 1. The zero-order chi connectivity index (χ0) is 19.9. The van der Waals surface area contributed by atoms with Crippen LogP contribution < -0.4 is 5.73 Å². The van der Waals surface area contributed by atoms with E-state index < -0.39 is 33.5 Å². The number of Topliss-reactive ketones (excluding diaryl/α,β-unsaturated/α-hetero) is 1. The molecule has 0 saturated carbocycles. The molecular formula is C20H16ClNO5S. The Morgan fingerprint density at radius 1 is 1.18 bits per heavy atom. The van der Waals surface area contributed by atoms with Gasteiger partial charge in [-0.1, -0.05) is 60.1 Å². The van der Waals surface area contributed by atoms with E-state index in [0.29, 0.717) is 16.1 Å². The maximum atomic E-state index is 12.7. The van der Waals surface area contributed by atoms with Gasteiger partial charge in [-0.3, -0.25) is 4.79 Å². The van der Waals surface area contributed by atoms with Crippen molar-refractivity contribution in [3.63, 3.8) is 0 Å². The highest BCUT2D eigenvalue weighted by Crippen LogP contribution is 2.39. The van der Waals surface area contributed by atoms with Crippen LogP contribution in [0.1, 0.15) is 29.2 Å². The standard InChI is InChI=1S/C20H16ClNO5S/c21-16-10-14(8-9-15(16)13-6-7-13)18-17(23)19(20(22)26-18)27-28(24,25)11-12-4-2-1-3-5-12/h1-6,8-10,18H,7,11,22H2. The fraction of sp³-hybridized carbons (Fsp3) is 0.150. The Bertz CT molecular complexity index is 1120. The van der Waals surface area contributed by atoms with Crippen molar-refractivity contribution in [1.82, 2.24) is 0 Å². The van der Waals surface area contributed by atoms with Crippen LogP contribution in [0.5, 0.6) is 0 Å². The molecule has 0 saturated heterocycles. The van der Waals surface area contributed by atoms with Gasteiger partial charge in [0, 0.05) is 10.6 Å². The molecule has 2 aromatic rings. The summed E-state index contributed by atoms with van der Waals surface area (Å²) in [6, 6.07) is 13.6. The average Bonchev–Trinajstić information content (AvgIpc) is 3.45. The summed E-state index contributed by atoms with van der Waals surface area (Å²) in [6.07, 6.45) is 1.84. The Balaban J connectivity index is 1.52. The van der Waals surface area contributed by atoms with Crippen LogP contribution in [0.3, 0.4) is 0 Å². The summed E-state index contributed by atoms with van der Waals surface area (Å²) in [4.78, 5) is 12.7. The second kappa shape index (κ2) is 7.00. The van der Waals surface area contributed by atoms with E-state index in [-0.39, 0.29) is 5.88 Å². The summed E-state index contributed by atoms with van der Waals surface area (Å²) in [5, 5.41) is 0.488. The molecular weight excluding hydrogens is 402 g/mol. The maximum Gasteiger partial charge on any atom is 0.313 e. The predicted octanol–water partition coefficient (Wildman–Crippen LogP) is 3.44. The molecule has 2 aliphatic rings. The highest BCUT2D eigenvalue weighted by molar-refractivity contribution is 7.86. The van der Waals surface area contributed by atoms with Crippen molar-refractivity contribution in [2.24, 2.45) is 5.73 Å². The maximum absolute atomic E-state index is 12.7. The third kappa shape index (κ3) is 3.76. The molecule has 4 rings (SSSR count). The number of hydrogen-bond donors (Lipinski definition) is 1. The second-order valence-electron chi connectivity index (χ2n) is 6.50. The molecule has 144 valence electrons. The molecule has 8 heteroatoms. The summed E-state index contributed by atoms with van der Waals surface area (Å²) < 4.78 is 35.0. The zero-order valence-corrected chi connectivity index (χ0v) is 16.2. The Morgan fingerprint density at radius 2 is 1.89 bits per heavy atom. The number of nitrogens with two attached hydrogens (primary N) is 1. The Labute approximate surface area is 167 Å². The lowest BCUT2D eigenvalue weighted by atomic mass is 10.0. The molecule has 2 aromatic carbocycles. The summed E-state index contributed by atoms with van der Waals surface area (Å²) in [7, 11) is -4.08. The smallest absolute Gasteiger partial charge is 0.313 e. The molecule has 1 heterocycles. The molecule has 2 N–H and O–H groups in total. The van der Waals surface area contributed by atoms with Crippen molar-refractivity contribution in [3.05, 3.63) is 88.0 Å². The summed E-state index contributed by atoms with van der Waals surface area (Å²) in [5.41, 5.74) is 8.78. The highest BCUT2D eigenvalue weighted by atomic mass is 35.5. The van der Waals surface area contributed by atoms with Crippen molar-refractivity contribution < 1.29 is 22.1 Å². The first-order valence-electron chi connectivity index (χ1n) is 8.49. The lowest BCUT2D eigenvalue weighted by Crippen LogP contribution is -2.16. The molecule has 0 radical (unpaired) electrons. The molecule has 0 bridgehead atoms. The zero-order valence-electron chi connectivity index (χ0n) is 14.6. The van der Waals surface area contributed by atoms with Gasteiger partial charge in [-0.15, -0.1) is 0 Å². The fourth-order valence-corrected chi connectivity index (χ4v) is 4.32. The first-order chi connectivity index (χ1) is 13.3. The van der Waals surface area contributed by atoms with Gasteiger partial charge in [-0.2, -0.15) is 8.42 Å².